The number of nitrogens with zero attached hydrogens (tertiary/aromatic N) is 1. The summed E-state index contributed by atoms with van der Waals surface area (Å²) in [6.07, 6.45) is 4.34. The van der Waals surface area contributed by atoms with E-state index in [1.54, 1.807) is 4.90 Å². The Morgan fingerprint density at radius 2 is 1.83 bits per heavy atom. The molecule has 1 heterocycles. The minimum atomic E-state index is -2.97. The first-order valence-corrected chi connectivity index (χ1v) is 10.3. The van der Waals surface area contributed by atoms with Crippen molar-refractivity contribution < 1.29 is 13.2 Å². The van der Waals surface area contributed by atoms with Crippen molar-refractivity contribution in [2.24, 2.45) is 0 Å². The Labute approximate surface area is 139 Å². The predicted octanol–water partition coefficient (Wildman–Crippen LogP) is 2.61. The van der Waals surface area contributed by atoms with Crippen molar-refractivity contribution in [2.75, 3.05) is 18.1 Å². The first-order valence-electron chi connectivity index (χ1n) is 8.53. The largest absolute Gasteiger partial charge is 0.339 e. The van der Waals surface area contributed by atoms with E-state index in [0.717, 1.165) is 12.0 Å². The molecule has 0 spiro atoms. The summed E-state index contributed by atoms with van der Waals surface area (Å²) in [6, 6.07) is 8.06. The number of rotatable bonds is 7. The molecular formula is C18H27NO3S. The van der Waals surface area contributed by atoms with Crippen LogP contribution in [0.5, 0.6) is 0 Å². The van der Waals surface area contributed by atoms with Crippen molar-refractivity contribution in [3.63, 3.8) is 0 Å². The fourth-order valence-electron chi connectivity index (χ4n) is 3.14. The van der Waals surface area contributed by atoms with E-state index >= 15 is 0 Å². The monoisotopic (exact) mass is 337 g/mol. The second-order valence-electron chi connectivity index (χ2n) is 6.33. The van der Waals surface area contributed by atoms with Gasteiger partial charge in [-0.25, -0.2) is 8.42 Å². The van der Waals surface area contributed by atoms with Crippen LogP contribution in [0, 0.1) is 0 Å². The van der Waals surface area contributed by atoms with Crippen LogP contribution in [0.15, 0.2) is 24.3 Å². The molecule has 1 amide bonds. The van der Waals surface area contributed by atoms with Crippen molar-refractivity contribution in [3.8, 4) is 0 Å². The quantitative estimate of drug-likeness (QED) is 0.768. The van der Waals surface area contributed by atoms with Crippen LogP contribution in [0.1, 0.15) is 44.2 Å². The van der Waals surface area contributed by atoms with E-state index in [1.807, 2.05) is 19.1 Å². The molecule has 1 atom stereocenters. The zero-order chi connectivity index (χ0) is 16.9. The lowest BCUT2D eigenvalue weighted by molar-refractivity contribution is -0.132. The summed E-state index contributed by atoms with van der Waals surface area (Å²) < 4.78 is 23.3. The number of aryl methyl sites for hydroxylation is 1. The van der Waals surface area contributed by atoms with E-state index < -0.39 is 9.84 Å². The van der Waals surface area contributed by atoms with Crippen LogP contribution in [0.4, 0.5) is 0 Å². The molecule has 0 bridgehead atoms. The number of carbonyl (C=O) groups excluding carboxylic acids is 1. The number of sulfone groups is 1. The molecule has 1 fully saturated rings. The van der Waals surface area contributed by atoms with Crippen molar-refractivity contribution in [1.82, 2.24) is 4.90 Å². The van der Waals surface area contributed by atoms with Crippen LogP contribution in [0.25, 0.3) is 0 Å². The normalized spacial score (nSPS) is 19.7. The highest BCUT2D eigenvalue weighted by Gasteiger charge is 2.33. The molecule has 1 saturated heterocycles. The van der Waals surface area contributed by atoms with Crippen LogP contribution in [-0.4, -0.2) is 43.3 Å². The van der Waals surface area contributed by atoms with Crippen LogP contribution < -0.4 is 0 Å². The molecule has 0 radical (unpaired) electrons. The maximum Gasteiger partial charge on any atom is 0.227 e. The molecule has 5 heteroatoms. The number of likely N-dealkylation sites (N-methyl/N-ethyl adjacent to an activating group) is 1. The summed E-state index contributed by atoms with van der Waals surface area (Å²) >= 11 is 0. The van der Waals surface area contributed by atoms with Gasteiger partial charge < -0.3 is 4.90 Å². The highest BCUT2D eigenvalue weighted by molar-refractivity contribution is 7.91. The van der Waals surface area contributed by atoms with Gasteiger partial charge in [0.05, 0.1) is 17.9 Å². The summed E-state index contributed by atoms with van der Waals surface area (Å²) in [5, 5.41) is 0. The zero-order valence-electron chi connectivity index (χ0n) is 14.1. The maximum atomic E-state index is 12.5. The lowest BCUT2D eigenvalue weighted by atomic mass is 10.0. The summed E-state index contributed by atoms with van der Waals surface area (Å²) in [5.41, 5.74) is 2.30. The van der Waals surface area contributed by atoms with E-state index in [0.29, 0.717) is 19.4 Å². The van der Waals surface area contributed by atoms with Gasteiger partial charge in [0.25, 0.3) is 0 Å². The number of hydrogen-bond acceptors (Lipinski definition) is 3. The lowest BCUT2D eigenvalue weighted by Crippen LogP contribution is -2.41. The Balaban J connectivity index is 1.96. The van der Waals surface area contributed by atoms with Gasteiger partial charge in [-0.05, 0) is 37.3 Å². The zero-order valence-corrected chi connectivity index (χ0v) is 14.9. The molecule has 128 valence electrons. The van der Waals surface area contributed by atoms with Gasteiger partial charge in [0.15, 0.2) is 9.84 Å². The molecule has 0 aliphatic carbocycles. The van der Waals surface area contributed by atoms with Gasteiger partial charge >= 0.3 is 0 Å². The van der Waals surface area contributed by atoms with Crippen molar-refractivity contribution in [2.45, 2.75) is 52.0 Å². The smallest absolute Gasteiger partial charge is 0.227 e. The van der Waals surface area contributed by atoms with E-state index in [4.69, 9.17) is 0 Å². The third-order valence-corrected chi connectivity index (χ3v) is 6.26. The molecular weight excluding hydrogens is 310 g/mol. The van der Waals surface area contributed by atoms with Gasteiger partial charge in [-0.2, -0.15) is 0 Å². The average Bonchev–Trinajstić information content (AvgIpc) is 2.87. The van der Waals surface area contributed by atoms with Crippen LogP contribution in [-0.2, 0) is 27.5 Å². The number of benzene rings is 1. The summed E-state index contributed by atoms with van der Waals surface area (Å²) in [5.74, 6) is 0.340. The molecule has 0 N–H and O–H groups in total. The highest BCUT2D eigenvalue weighted by atomic mass is 32.2. The van der Waals surface area contributed by atoms with E-state index in [-0.39, 0.29) is 23.5 Å². The molecule has 1 aliphatic rings. The Morgan fingerprint density at radius 3 is 2.35 bits per heavy atom. The van der Waals surface area contributed by atoms with Gasteiger partial charge in [0.2, 0.25) is 5.91 Å². The topological polar surface area (TPSA) is 54.5 Å². The fraction of sp³-hybridized carbons (Fsp3) is 0.611. The van der Waals surface area contributed by atoms with Crippen molar-refractivity contribution in [3.05, 3.63) is 35.4 Å². The van der Waals surface area contributed by atoms with Gasteiger partial charge in [0.1, 0.15) is 0 Å². The highest BCUT2D eigenvalue weighted by Crippen LogP contribution is 2.19. The number of amides is 1. The minimum absolute atomic E-state index is 0.0240. The molecule has 23 heavy (non-hydrogen) atoms. The second kappa shape index (κ2) is 7.95. The van der Waals surface area contributed by atoms with E-state index in [1.165, 1.54) is 18.4 Å². The lowest BCUT2D eigenvalue weighted by Gasteiger charge is -2.27. The molecule has 1 aliphatic heterocycles. The third kappa shape index (κ3) is 5.06. The van der Waals surface area contributed by atoms with Gasteiger partial charge in [0, 0.05) is 12.6 Å². The molecule has 1 unspecified atom stereocenters. The molecule has 4 nitrogen and oxygen atoms in total. The fourth-order valence-corrected chi connectivity index (χ4v) is 4.87. The SMILES string of the molecule is CCCCc1ccc(CC(=O)N(CC)C2CCS(=O)(=O)C2)cc1. The van der Waals surface area contributed by atoms with Crippen LogP contribution in [0.2, 0.25) is 0 Å². The predicted molar refractivity (Wildman–Crippen MR) is 93.2 cm³/mol. The van der Waals surface area contributed by atoms with E-state index in [9.17, 15) is 13.2 Å². The Bertz CT molecular complexity index is 622. The minimum Gasteiger partial charge on any atom is -0.339 e. The van der Waals surface area contributed by atoms with Gasteiger partial charge in [-0.1, -0.05) is 37.6 Å². The average molecular weight is 337 g/mol. The maximum absolute atomic E-state index is 12.5. The molecule has 2 rings (SSSR count). The number of carbonyl (C=O) groups is 1. The van der Waals surface area contributed by atoms with E-state index in [2.05, 4.69) is 19.1 Å². The van der Waals surface area contributed by atoms with Crippen LogP contribution >= 0.6 is 0 Å². The number of hydrogen-bond donors (Lipinski definition) is 0. The Hall–Kier alpha value is -1.36. The Kier molecular flexibility index (Phi) is 6.22. The Morgan fingerprint density at radius 1 is 1.17 bits per heavy atom. The molecule has 1 aromatic rings. The number of unbranched alkanes of at least 4 members (excludes halogenated alkanes) is 1. The molecule has 1 aromatic carbocycles. The first kappa shape index (κ1) is 18.0. The third-order valence-electron chi connectivity index (χ3n) is 4.51. The molecule has 0 aromatic heterocycles. The summed E-state index contributed by atoms with van der Waals surface area (Å²) in [4.78, 5) is 14.3. The van der Waals surface area contributed by atoms with Crippen molar-refractivity contribution >= 4 is 15.7 Å². The summed E-state index contributed by atoms with van der Waals surface area (Å²) in [7, 11) is -2.97. The van der Waals surface area contributed by atoms with Crippen molar-refractivity contribution in [1.29, 1.82) is 0 Å². The standard InChI is InChI=1S/C18H27NO3S/c1-3-5-6-15-7-9-16(10-8-15)13-18(20)19(4-2)17-11-12-23(21,22)14-17/h7-10,17H,3-6,11-14H2,1-2H3. The van der Waals surface area contributed by atoms with Gasteiger partial charge in [-0.15, -0.1) is 0 Å². The molecule has 0 saturated carbocycles. The van der Waals surface area contributed by atoms with Crippen LogP contribution in [0.3, 0.4) is 0 Å². The first-order chi connectivity index (χ1) is 10.9. The van der Waals surface area contributed by atoms with Gasteiger partial charge in [-0.3, -0.25) is 4.79 Å². The summed E-state index contributed by atoms with van der Waals surface area (Å²) in [6.45, 7) is 4.65. The second-order valence-corrected chi connectivity index (χ2v) is 8.56.